The molecule has 2 N–H and O–H groups in total. The minimum Gasteiger partial charge on any atom is -0.348 e. The number of pyridine rings is 2. The second kappa shape index (κ2) is 6.93. The molecule has 6 heterocycles. The number of nitrogens with zero attached hydrogens (tertiary/aromatic N) is 6. The van der Waals surface area contributed by atoms with Crippen LogP contribution in [0.4, 0.5) is 5.82 Å². The van der Waals surface area contributed by atoms with E-state index in [9.17, 15) is 5.26 Å². The highest BCUT2D eigenvalue weighted by Gasteiger charge is 2.37. The maximum atomic E-state index is 9.75. The molecule has 0 aromatic carbocycles. The lowest BCUT2D eigenvalue weighted by Crippen LogP contribution is -2.52. The Hall–Kier alpha value is -3.70. The van der Waals surface area contributed by atoms with E-state index in [4.69, 9.17) is 4.98 Å². The van der Waals surface area contributed by atoms with Gasteiger partial charge in [-0.15, -0.1) is 0 Å². The topological polar surface area (TPSA) is 98.5 Å². The summed E-state index contributed by atoms with van der Waals surface area (Å²) in [6.07, 6.45) is 9.71. The third kappa shape index (κ3) is 2.89. The van der Waals surface area contributed by atoms with Gasteiger partial charge in [-0.05, 0) is 31.0 Å². The fourth-order valence-corrected chi connectivity index (χ4v) is 5.03. The molecule has 8 heteroatoms. The maximum absolute atomic E-state index is 9.75. The highest BCUT2D eigenvalue weighted by atomic mass is 15.3. The van der Waals surface area contributed by atoms with Crippen molar-refractivity contribution >= 4 is 16.9 Å². The summed E-state index contributed by atoms with van der Waals surface area (Å²) in [5.74, 6) is 1.02. The number of nitriles is 1. The van der Waals surface area contributed by atoms with Crippen molar-refractivity contribution in [1.29, 1.82) is 5.26 Å². The Bertz CT molecular complexity index is 1290. The average Bonchev–Trinajstić information content (AvgIpc) is 3.48. The second-order valence-electron chi connectivity index (χ2n) is 8.36. The first-order valence-electron chi connectivity index (χ1n) is 10.6. The maximum Gasteiger partial charge on any atom is 0.138 e. The van der Waals surface area contributed by atoms with Gasteiger partial charge in [-0.1, -0.05) is 0 Å². The minimum atomic E-state index is 0.520. The summed E-state index contributed by atoms with van der Waals surface area (Å²) in [6, 6.07) is 9.55. The minimum absolute atomic E-state index is 0.520. The van der Waals surface area contributed by atoms with E-state index in [2.05, 4.69) is 43.5 Å². The molecule has 2 saturated heterocycles. The highest BCUT2D eigenvalue weighted by molar-refractivity contribution is 5.98. The van der Waals surface area contributed by atoms with Crippen LogP contribution in [0.25, 0.3) is 33.4 Å². The van der Waals surface area contributed by atoms with E-state index < -0.39 is 0 Å². The van der Waals surface area contributed by atoms with Crippen molar-refractivity contribution in [2.45, 2.75) is 24.9 Å². The van der Waals surface area contributed by atoms with Crippen LogP contribution in [0.15, 0.2) is 43.0 Å². The van der Waals surface area contributed by atoms with Crippen LogP contribution >= 0.6 is 0 Å². The molecule has 2 bridgehead atoms. The zero-order valence-corrected chi connectivity index (χ0v) is 17.2. The first-order valence-corrected chi connectivity index (χ1v) is 10.6. The van der Waals surface area contributed by atoms with E-state index in [1.54, 1.807) is 10.9 Å². The Labute approximate surface area is 179 Å². The monoisotopic (exact) mass is 410 g/mol. The lowest BCUT2D eigenvalue weighted by molar-refractivity contribution is 0.481. The van der Waals surface area contributed by atoms with Crippen molar-refractivity contribution in [1.82, 2.24) is 30.0 Å². The smallest absolute Gasteiger partial charge is 0.138 e. The third-order valence-electron chi connectivity index (χ3n) is 6.48. The molecular formula is C23H22N8. The van der Waals surface area contributed by atoms with Gasteiger partial charge in [0.15, 0.2) is 0 Å². The number of aryl methyl sites for hydroxylation is 1. The zero-order valence-electron chi connectivity index (χ0n) is 17.2. The van der Waals surface area contributed by atoms with Gasteiger partial charge in [0, 0.05) is 72.9 Å². The van der Waals surface area contributed by atoms with Crippen LogP contribution in [0.5, 0.6) is 0 Å². The third-order valence-corrected chi connectivity index (χ3v) is 6.48. The average molecular weight is 410 g/mol. The van der Waals surface area contributed by atoms with Crippen molar-refractivity contribution in [3.8, 4) is 28.5 Å². The Morgan fingerprint density at radius 3 is 2.58 bits per heavy atom. The predicted molar refractivity (Wildman–Crippen MR) is 118 cm³/mol. The molecule has 0 saturated carbocycles. The lowest BCUT2D eigenvalue weighted by Gasteiger charge is -2.36. The number of anilines is 1. The molecular weight excluding hydrogens is 388 g/mol. The highest BCUT2D eigenvalue weighted by Crippen LogP contribution is 2.36. The van der Waals surface area contributed by atoms with Crippen LogP contribution in [-0.2, 0) is 7.05 Å². The molecule has 0 radical (unpaired) electrons. The molecule has 8 nitrogen and oxygen atoms in total. The molecule has 0 amide bonds. The van der Waals surface area contributed by atoms with E-state index in [0.717, 1.165) is 52.3 Å². The second-order valence-corrected chi connectivity index (χ2v) is 8.36. The summed E-state index contributed by atoms with van der Waals surface area (Å²) < 4.78 is 1.77. The molecule has 154 valence electrons. The number of H-pyrrole nitrogens is 1. The lowest BCUT2D eigenvalue weighted by atomic mass is 10.00. The Balaban J connectivity index is 1.43. The van der Waals surface area contributed by atoms with Gasteiger partial charge in [0.1, 0.15) is 17.5 Å². The molecule has 2 unspecified atom stereocenters. The fourth-order valence-electron chi connectivity index (χ4n) is 5.03. The number of aromatic nitrogens is 5. The van der Waals surface area contributed by atoms with E-state index in [0.29, 0.717) is 17.6 Å². The van der Waals surface area contributed by atoms with Gasteiger partial charge in [0.05, 0.1) is 17.5 Å². The van der Waals surface area contributed by atoms with E-state index >= 15 is 0 Å². The van der Waals surface area contributed by atoms with Crippen molar-refractivity contribution in [3.63, 3.8) is 0 Å². The fraction of sp³-hybridized carbons (Fsp3) is 0.304. The Morgan fingerprint density at radius 1 is 1.06 bits per heavy atom. The standard InChI is InChI=1S/C23H22N8/c1-30-13-16(10-28-30)20-6-19-22(15(7-24)9-27-23(19)29-20)14-2-5-21(26-8-14)31-17-3-4-18(31)12-25-11-17/h2,5-6,8-10,13,17-18,25H,3-4,11-12H2,1H3,(H,27,29). The van der Waals surface area contributed by atoms with Crippen molar-refractivity contribution < 1.29 is 0 Å². The van der Waals surface area contributed by atoms with Gasteiger partial charge in [-0.3, -0.25) is 4.68 Å². The quantitative estimate of drug-likeness (QED) is 0.539. The molecule has 6 rings (SSSR count). The van der Waals surface area contributed by atoms with Crippen LogP contribution in [0.2, 0.25) is 0 Å². The van der Waals surface area contributed by atoms with Gasteiger partial charge >= 0.3 is 0 Å². The summed E-state index contributed by atoms with van der Waals surface area (Å²) in [6.45, 7) is 2.04. The first-order chi connectivity index (χ1) is 15.2. The van der Waals surface area contributed by atoms with Gasteiger partial charge < -0.3 is 15.2 Å². The molecule has 2 aliphatic heterocycles. The number of aromatic amines is 1. The molecule has 0 spiro atoms. The van der Waals surface area contributed by atoms with Gasteiger partial charge in [-0.25, -0.2) is 9.97 Å². The number of piperazine rings is 1. The van der Waals surface area contributed by atoms with Crippen molar-refractivity contribution in [2.24, 2.45) is 7.05 Å². The molecule has 4 aromatic rings. The van der Waals surface area contributed by atoms with Gasteiger partial charge in [0.25, 0.3) is 0 Å². The van der Waals surface area contributed by atoms with E-state index in [-0.39, 0.29) is 0 Å². The first kappa shape index (κ1) is 18.1. The molecule has 31 heavy (non-hydrogen) atoms. The van der Waals surface area contributed by atoms with E-state index in [1.165, 1.54) is 12.8 Å². The normalized spacial score (nSPS) is 20.3. The van der Waals surface area contributed by atoms with Crippen LogP contribution in [0.1, 0.15) is 18.4 Å². The van der Waals surface area contributed by atoms with Gasteiger partial charge in [0.2, 0.25) is 0 Å². The Morgan fingerprint density at radius 2 is 1.90 bits per heavy atom. The summed E-state index contributed by atoms with van der Waals surface area (Å²) in [4.78, 5) is 15.1. The number of fused-ring (bicyclic) bond motifs is 3. The summed E-state index contributed by atoms with van der Waals surface area (Å²) in [5, 5.41) is 18.4. The number of nitrogens with one attached hydrogen (secondary N) is 2. The number of hydrogen-bond acceptors (Lipinski definition) is 6. The summed E-state index contributed by atoms with van der Waals surface area (Å²) in [7, 11) is 1.89. The SMILES string of the molecule is Cn1cc(-c2cc3c(-c4ccc(N5C6CCC5CNC6)nc4)c(C#N)cnc3[nH]2)cn1. The summed E-state index contributed by atoms with van der Waals surface area (Å²) >= 11 is 0. The van der Waals surface area contributed by atoms with Gasteiger partial charge in [-0.2, -0.15) is 10.4 Å². The molecule has 2 atom stereocenters. The molecule has 2 fully saturated rings. The number of rotatable bonds is 3. The van der Waals surface area contributed by atoms with Crippen LogP contribution < -0.4 is 10.2 Å². The van der Waals surface area contributed by atoms with Crippen LogP contribution in [0.3, 0.4) is 0 Å². The van der Waals surface area contributed by atoms with Crippen LogP contribution in [0, 0.1) is 11.3 Å². The predicted octanol–water partition coefficient (Wildman–Crippen LogP) is 2.84. The molecule has 0 aliphatic carbocycles. The number of hydrogen-bond donors (Lipinski definition) is 2. The van der Waals surface area contributed by atoms with Crippen molar-refractivity contribution in [3.05, 3.63) is 48.5 Å². The van der Waals surface area contributed by atoms with E-state index in [1.807, 2.05) is 31.7 Å². The molecule has 2 aliphatic rings. The molecule has 4 aromatic heterocycles. The Kier molecular flexibility index (Phi) is 4.04. The zero-order chi connectivity index (χ0) is 20.9. The largest absolute Gasteiger partial charge is 0.348 e. The van der Waals surface area contributed by atoms with Crippen molar-refractivity contribution in [2.75, 3.05) is 18.0 Å². The van der Waals surface area contributed by atoms with Crippen LogP contribution in [-0.4, -0.2) is 49.9 Å². The summed E-state index contributed by atoms with van der Waals surface area (Å²) in [5.41, 5.74) is 4.98.